The number of halogens is 1. The summed E-state index contributed by atoms with van der Waals surface area (Å²) < 4.78 is 13.4. The summed E-state index contributed by atoms with van der Waals surface area (Å²) in [6.07, 6.45) is 1.66. The van der Waals surface area contributed by atoms with Gasteiger partial charge in [-0.1, -0.05) is 42.5 Å². The average molecular weight is 212 g/mol. The molecule has 0 nitrogen and oxygen atoms in total. The van der Waals surface area contributed by atoms with Gasteiger partial charge in [0.05, 0.1) is 0 Å². The summed E-state index contributed by atoms with van der Waals surface area (Å²) in [7, 11) is 0. The van der Waals surface area contributed by atoms with E-state index in [9.17, 15) is 4.39 Å². The summed E-state index contributed by atoms with van der Waals surface area (Å²) in [5.74, 6) is -0.228. The lowest BCUT2D eigenvalue weighted by molar-refractivity contribution is 0.628. The fourth-order valence-electron chi connectivity index (χ4n) is 1.72. The molecule has 0 atom stereocenters. The van der Waals surface area contributed by atoms with Crippen molar-refractivity contribution in [2.75, 3.05) is 0 Å². The standard InChI is InChI=1S/C15H13F/c1-3-12-8-14(10-15(16)9-12)13-6-4-5-11(2)7-13/h3-10H,1H2,2H3. The van der Waals surface area contributed by atoms with Crippen LogP contribution in [0.25, 0.3) is 17.2 Å². The Hall–Kier alpha value is -1.89. The van der Waals surface area contributed by atoms with Crippen molar-refractivity contribution in [3.05, 3.63) is 66.0 Å². The SMILES string of the molecule is C=Cc1cc(F)cc(-c2cccc(C)c2)c1. The van der Waals surface area contributed by atoms with E-state index in [0.29, 0.717) is 0 Å². The molecule has 80 valence electrons. The molecule has 0 spiro atoms. The van der Waals surface area contributed by atoms with Gasteiger partial charge < -0.3 is 0 Å². The number of benzene rings is 2. The van der Waals surface area contributed by atoms with Crippen LogP contribution in [0.2, 0.25) is 0 Å². The average Bonchev–Trinajstić information content (AvgIpc) is 2.28. The van der Waals surface area contributed by atoms with Crippen molar-refractivity contribution in [2.45, 2.75) is 6.92 Å². The van der Waals surface area contributed by atoms with Crippen LogP contribution in [0.3, 0.4) is 0 Å². The van der Waals surface area contributed by atoms with Gasteiger partial charge in [0, 0.05) is 0 Å². The second kappa shape index (κ2) is 4.31. The third-order valence-corrected chi connectivity index (χ3v) is 2.51. The van der Waals surface area contributed by atoms with E-state index in [1.807, 2.05) is 37.3 Å². The second-order valence-corrected chi connectivity index (χ2v) is 3.85. The molecule has 0 aromatic heterocycles. The zero-order chi connectivity index (χ0) is 11.5. The minimum absolute atomic E-state index is 0.228. The quantitative estimate of drug-likeness (QED) is 0.690. The van der Waals surface area contributed by atoms with Gasteiger partial charge in [-0.2, -0.15) is 0 Å². The topological polar surface area (TPSA) is 0 Å². The van der Waals surface area contributed by atoms with Crippen molar-refractivity contribution < 1.29 is 4.39 Å². The minimum Gasteiger partial charge on any atom is -0.207 e. The van der Waals surface area contributed by atoms with E-state index in [1.165, 1.54) is 11.6 Å². The molecule has 0 radical (unpaired) electrons. The molecule has 0 unspecified atom stereocenters. The highest BCUT2D eigenvalue weighted by Gasteiger charge is 2.01. The van der Waals surface area contributed by atoms with Crippen LogP contribution in [0.4, 0.5) is 4.39 Å². The Kier molecular flexibility index (Phi) is 2.86. The molecule has 2 aromatic rings. The number of hydrogen-bond acceptors (Lipinski definition) is 0. The van der Waals surface area contributed by atoms with Crippen molar-refractivity contribution in [1.29, 1.82) is 0 Å². The fourth-order valence-corrected chi connectivity index (χ4v) is 1.72. The van der Waals surface area contributed by atoms with E-state index in [2.05, 4.69) is 6.58 Å². The maximum absolute atomic E-state index is 13.4. The Bertz CT molecular complexity index is 527. The third-order valence-electron chi connectivity index (χ3n) is 2.51. The molecule has 2 aromatic carbocycles. The first-order chi connectivity index (χ1) is 7.69. The summed E-state index contributed by atoms with van der Waals surface area (Å²) in [5.41, 5.74) is 3.89. The molecular formula is C15H13F. The molecule has 0 saturated carbocycles. The highest BCUT2D eigenvalue weighted by Crippen LogP contribution is 2.23. The summed E-state index contributed by atoms with van der Waals surface area (Å²) in [4.78, 5) is 0. The van der Waals surface area contributed by atoms with Crippen molar-refractivity contribution in [3.63, 3.8) is 0 Å². The lowest BCUT2D eigenvalue weighted by Crippen LogP contribution is -1.84. The van der Waals surface area contributed by atoms with Crippen molar-refractivity contribution >= 4 is 6.08 Å². The fraction of sp³-hybridized carbons (Fsp3) is 0.0667. The Morgan fingerprint density at radius 3 is 2.56 bits per heavy atom. The van der Waals surface area contributed by atoms with Crippen molar-refractivity contribution in [3.8, 4) is 11.1 Å². The molecule has 0 heterocycles. The van der Waals surface area contributed by atoms with E-state index in [0.717, 1.165) is 16.7 Å². The summed E-state index contributed by atoms with van der Waals surface area (Å²) >= 11 is 0. The molecule has 0 aliphatic carbocycles. The molecule has 0 bridgehead atoms. The second-order valence-electron chi connectivity index (χ2n) is 3.85. The van der Waals surface area contributed by atoms with Crippen LogP contribution in [0, 0.1) is 12.7 Å². The zero-order valence-corrected chi connectivity index (χ0v) is 9.20. The smallest absolute Gasteiger partial charge is 0.124 e. The van der Waals surface area contributed by atoms with Crippen molar-refractivity contribution in [2.24, 2.45) is 0 Å². The van der Waals surface area contributed by atoms with Crippen LogP contribution in [-0.4, -0.2) is 0 Å². The van der Waals surface area contributed by atoms with Gasteiger partial charge in [0.1, 0.15) is 5.82 Å². The van der Waals surface area contributed by atoms with E-state index in [4.69, 9.17) is 0 Å². The molecular weight excluding hydrogens is 199 g/mol. The monoisotopic (exact) mass is 212 g/mol. The van der Waals surface area contributed by atoms with E-state index in [1.54, 1.807) is 12.1 Å². The van der Waals surface area contributed by atoms with Gasteiger partial charge >= 0.3 is 0 Å². The number of aryl methyl sites for hydroxylation is 1. The number of rotatable bonds is 2. The predicted molar refractivity (Wildman–Crippen MR) is 66.7 cm³/mol. The first kappa shape index (κ1) is 10.6. The molecule has 0 fully saturated rings. The maximum Gasteiger partial charge on any atom is 0.124 e. The van der Waals surface area contributed by atoms with Crippen LogP contribution in [0.15, 0.2) is 49.0 Å². The summed E-state index contributed by atoms with van der Waals surface area (Å²) in [5, 5.41) is 0. The van der Waals surface area contributed by atoms with Gasteiger partial charge in [-0.3, -0.25) is 0 Å². The Morgan fingerprint density at radius 1 is 1.06 bits per heavy atom. The highest BCUT2D eigenvalue weighted by atomic mass is 19.1. The lowest BCUT2D eigenvalue weighted by Gasteiger charge is -2.05. The summed E-state index contributed by atoms with van der Waals surface area (Å²) in [6, 6.07) is 13.0. The molecule has 0 aliphatic heterocycles. The van der Waals surface area contributed by atoms with Gasteiger partial charge in [0.2, 0.25) is 0 Å². The van der Waals surface area contributed by atoms with Gasteiger partial charge in [-0.05, 0) is 41.8 Å². The molecule has 0 amide bonds. The summed E-state index contributed by atoms with van der Waals surface area (Å²) in [6.45, 7) is 5.68. The van der Waals surface area contributed by atoms with Gasteiger partial charge in [-0.15, -0.1) is 0 Å². The Balaban J connectivity index is 2.55. The van der Waals surface area contributed by atoms with E-state index >= 15 is 0 Å². The highest BCUT2D eigenvalue weighted by molar-refractivity contribution is 5.67. The normalized spacial score (nSPS) is 10.1. The first-order valence-electron chi connectivity index (χ1n) is 5.19. The minimum atomic E-state index is -0.228. The van der Waals surface area contributed by atoms with Crippen LogP contribution in [0.5, 0.6) is 0 Å². The van der Waals surface area contributed by atoms with Gasteiger partial charge in [-0.25, -0.2) is 4.39 Å². The predicted octanol–water partition coefficient (Wildman–Crippen LogP) is 4.44. The third kappa shape index (κ3) is 2.19. The van der Waals surface area contributed by atoms with Crippen LogP contribution in [-0.2, 0) is 0 Å². The molecule has 0 saturated heterocycles. The Morgan fingerprint density at radius 2 is 1.88 bits per heavy atom. The largest absolute Gasteiger partial charge is 0.207 e. The first-order valence-corrected chi connectivity index (χ1v) is 5.19. The van der Waals surface area contributed by atoms with E-state index < -0.39 is 0 Å². The molecule has 2 rings (SSSR count). The van der Waals surface area contributed by atoms with Gasteiger partial charge in [0.15, 0.2) is 0 Å². The van der Waals surface area contributed by atoms with Gasteiger partial charge in [0.25, 0.3) is 0 Å². The number of hydrogen-bond donors (Lipinski definition) is 0. The van der Waals surface area contributed by atoms with Crippen LogP contribution >= 0.6 is 0 Å². The molecule has 0 aliphatic rings. The van der Waals surface area contributed by atoms with Crippen LogP contribution in [0.1, 0.15) is 11.1 Å². The molecule has 16 heavy (non-hydrogen) atoms. The lowest BCUT2D eigenvalue weighted by atomic mass is 10.0. The molecule has 0 N–H and O–H groups in total. The molecule has 1 heteroatoms. The van der Waals surface area contributed by atoms with Crippen molar-refractivity contribution in [1.82, 2.24) is 0 Å². The zero-order valence-electron chi connectivity index (χ0n) is 9.20. The maximum atomic E-state index is 13.4. The Labute approximate surface area is 95.1 Å². The van der Waals surface area contributed by atoms with E-state index in [-0.39, 0.29) is 5.82 Å². The van der Waals surface area contributed by atoms with Crippen LogP contribution < -0.4 is 0 Å².